The number of hydrogen-bond acceptors (Lipinski definition) is 3. The van der Waals surface area contributed by atoms with Crippen molar-refractivity contribution in [1.82, 2.24) is 0 Å². The molecular formula is C29H29FO4. The normalized spacial score (nSPS) is 19.3. The summed E-state index contributed by atoms with van der Waals surface area (Å²) in [5.74, 6) is -0.416. The molecule has 3 atom stereocenters. The quantitative estimate of drug-likeness (QED) is 0.343. The van der Waals surface area contributed by atoms with Crippen LogP contribution in [0.4, 0.5) is 4.39 Å². The van der Waals surface area contributed by atoms with E-state index < -0.39 is 5.97 Å². The van der Waals surface area contributed by atoms with Gasteiger partial charge in [-0.05, 0) is 76.6 Å². The molecule has 176 valence electrons. The lowest BCUT2D eigenvalue weighted by Gasteiger charge is -2.40. The molecule has 1 aliphatic rings. The van der Waals surface area contributed by atoms with Crippen LogP contribution in [0.25, 0.3) is 0 Å². The molecule has 0 heterocycles. The van der Waals surface area contributed by atoms with E-state index >= 15 is 0 Å². The summed E-state index contributed by atoms with van der Waals surface area (Å²) < 4.78 is 20.0. The molecule has 1 aliphatic carbocycles. The molecule has 4 nitrogen and oxygen atoms in total. The van der Waals surface area contributed by atoms with Gasteiger partial charge in [-0.2, -0.15) is 0 Å². The minimum Gasteiger partial charge on any atom is -0.481 e. The molecule has 0 amide bonds. The Balaban J connectivity index is 1.75. The molecule has 0 radical (unpaired) electrons. The Hall–Kier alpha value is -3.47. The highest BCUT2D eigenvalue weighted by Gasteiger charge is 2.37. The van der Waals surface area contributed by atoms with Crippen LogP contribution in [-0.4, -0.2) is 17.0 Å². The molecule has 4 rings (SSSR count). The second-order valence-electron chi connectivity index (χ2n) is 9.05. The zero-order valence-electron chi connectivity index (χ0n) is 19.5. The summed E-state index contributed by atoms with van der Waals surface area (Å²) in [6.07, 6.45) is 2.27. The fourth-order valence-corrected chi connectivity index (χ4v) is 5.39. The lowest BCUT2D eigenvalue weighted by atomic mass is 9.64. The molecule has 0 aliphatic heterocycles. The van der Waals surface area contributed by atoms with Crippen molar-refractivity contribution >= 4 is 11.9 Å². The third-order valence-corrected chi connectivity index (χ3v) is 6.88. The average Bonchev–Trinajstić information content (AvgIpc) is 2.80. The highest BCUT2D eigenvalue weighted by Crippen LogP contribution is 2.48. The van der Waals surface area contributed by atoms with Gasteiger partial charge >= 0.3 is 11.9 Å². The molecule has 5 heteroatoms. The van der Waals surface area contributed by atoms with Crippen molar-refractivity contribution in [2.75, 3.05) is 0 Å². The lowest BCUT2D eigenvalue weighted by Crippen LogP contribution is -2.29. The highest BCUT2D eigenvalue weighted by molar-refractivity contribution is 5.70. The molecule has 3 aromatic rings. The van der Waals surface area contributed by atoms with Crippen molar-refractivity contribution in [2.24, 2.45) is 5.92 Å². The maximum Gasteiger partial charge on any atom is 0.308 e. The Morgan fingerprint density at radius 1 is 1.06 bits per heavy atom. The van der Waals surface area contributed by atoms with Crippen molar-refractivity contribution < 1.29 is 23.8 Å². The van der Waals surface area contributed by atoms with Gasteiger partial charge in [0.2, 0.25) is 0 Å². The van der Waals surface area contributed by atoms with Crippen LogP contribution in [0.5, 0.6) is 5.75 Å². The molecule has 0 saturated carbocycles. The Morgan fingerprint density at radius 2 is 1.79 bits per heavy atom. The van der Waals surface area contributed by atoms with Gasteiger partial charge in [-0.15, -0.1) is 0 Å². The Morgan fingerprint density at radius 3 is 2.44 bits per heavy atom. The number of carboxylic acid groups (broad SMARTS) is 1. The molecule has 1 N–H and O–H groups in total. The van der Waals surface area contributed by atoms with E-state index in [0.29, 0.717) is 17.7 Å². The van der Waals surface area contributed by atoms with Gasteiger partial charge in [0.25, 0.3) is 0 Å². The summed E-state index contributed by atoms with van der Waals surface area (Å²) in [5, 5.41) is 9.09. The molecule has 34 heavy (non-hydrogen) atoms. The van der Waals surface area contributed by atoms with E-state index in [2.05, 4.69) is 6.92 Å². The molecule has 0 bridgehead atoms. The van der Waals surface area contributed by atoms with Gasteiger partial charge in [0.1, 0.15) is 11.6 Å². The monoisotopic (exact) mass is 460 g/mol. The Bertz CT molecular complexity index is 1180. The molecule has 3 aromatic carbocycles. The number of hydrogen-bond donors (Lipinski definition) is 1. The van der Waals surface area contributed by atoms with E-state index in [1.165, 1.54) is 18.6 Å². The predicted molar refractivity (Wildman–Crippen MR) is 129 cm³/mol. The van der Waals surface area contributed by atoms with Crippen molar-refractivity contribution in [3.63, 3.8) is 0 Å². The van der Waals surface area contributed by atoms with Gasteiger partial charge < -0.3 is 9.84 Å². The fraction of sp³-hybridized carbons (Fsp3) is 0.310. The fourth-order valence-electron chi connectivity index (χ4n) is 5.39. The zero-order valence-corrected chi connectivity index (χ0v) is 19.5. The molecular weight excluding hydrogens is 431 g/mol. The first-order valence-corrected chi connectivity index (χ1v) is 11.7. The van der Waals surface area contributed by atoms with E-state index in [4.69, 9.17) is 9.84 Å². The molecule has 0 fully saturated rings. The number of rotatable bonds is 7. The van der Waals surface area contributed by atoms with E-state index in [1.807, 2.05) is 54.6 Å². The molecule has 0 saturated heterocycles. The van der Waals surface area contributed by atoms with Crippen LogP contribution < -0.4 is 4.74 Å². The van der Waals surface area contributed by atoms with Crippen molar-refractivity contribution in [2.45, 2.75) is 51.4 Å². The number of halogens is 1. The number of ether oxygens (including phenoxy) is 1. The van der Waals surface area contributed by atoms with Gasteiger partial charge in [0.15, 0.2) is 0 Å². The van der Waals surface area contributed by atoms with Crippen LogP contribution in [0.3, 0.4) is 0 Å². The topological polar surface area (TPSA) is 63.6 Å². The second kappa shape index (κ2) is 10.2. The summed E-state index contributed by atoms with van der Waals surface area (Å²) in [4.78, 5) is 22.6. The predicted octanol–water partition coefficient (Wildman–Crippen LogP) is 6.07. The summed E-state index contributed by atoms with van der Waals surface area (Å²) in [6, 6.07) is 20.5. The number of benzene rings is 3. The van der Waals surface area contributed by atoms with Gasteiger partial charge in [0, 0.05) is 6.92 Å². The van der Waals surface area contributed by atoms with Crippen LogP contribution in [0, 0.1) is 11.7 Å². The summed E-state index contributed by atoms with van der Waals surface area (Å²) in [6.45, 7) is 3.54. The third kappa shape index (κ3) is 5.19. The number of carbonyl (C=O) groups is 2. The number of fused-ring (bicyclic) bond motifs is 1. The van der Waals surface area contributed by atoms with Gasteiger partial charge in [-0.1, -0.05) is 61.9 Å². The van der Waals surface area contributed by atoms with Crippen LogP contribution in [0.2, 0.25) is 0 Å². The van der Waals surface area contributed by atoms with Crippen LogP contribution in [0.1, 0.15) is 59.9 Å². The van der Waals surface area contributed by atoms with Gasteiger partial charge in [-0.3, -0.25) is 9.59 Å². The van der Waals surface area contributed by atoms with Gasteiger partial charge in [-0.25, -0.2) is 4.39 Å². The number of carboxylic acids is 1. The number of aliphatic carboxylic acids is 1. The largest absolute Gasteiger partial charge is 0.481 e. The van der Waals surface area contributed by atoms with Crippen molar-refractivity contribution in [3.05, 3.63) is 100 Å². The van der Waals surface area contributed by atoms with Crippen LogP contribution in [0.15, 0.2) is 66.7 Å². The lowest BCUT2D eigenvalue weighted by molar-refractivity contribution is -0.136. The number of carbonyl (C=O) groups excluding carboxylic acids is 1. The smallest absolute Gasteiger partial charge is 0.308 e. The maximum atomic E-state index is 14.7. The van der Waals surface area contributed by atoms with E-state index in [1.54, 1.807) is 6.07 Å². The molecule has 3 unspecified atom stereocenters. The summed E-state index contributed by atoms with van der Waals surface area (Å²) >= 11 is 0. The Kier molecular flexibility index (Phi) is 7.11. The highest BCUT2D eigenvalue weighted by atomic mass is 19.1. The average molecular weight is 461 g/mol. The molecule has 0 spiro atoms. The molecule has 0 aromatic heterocycles. The SMILES string of the molecule is CCC1C(c2ccc(CC(=O)O)cc2)Cc2ccc(OC(C)=O)cc2C1Cc1ccccc1F. The first-order valence-electron chi connectivity index (χ1n) is 11.7. The first-order chi connectivity index (χ1) is 16.4. The van der Waals surface area contributed by atoms with Crippen molar-refractivity contribution in [3.8, 4) is 5.75 Å². The minimum absolute atomic E-state index is 0.000177. The summed E-state index contributed by atoms with van der Waals surface area (Å²) in [7, 11) is 0. The standard InChI is InChI=1S/C29H29FO4/c1-3-24-25(20-10-8-19(9-11-20)14-29(32)33)15-21-12-13-23(34-18(2)31)17-26(21)27(24)16-22-6-4-5-7-28(22)30/h4-13,17,24-25,27H,3,14-16H2,1-2H3,(H,32,33). The maximum absolute atomic E-state index is 14.7. The van der Waals surface area contributed by atoms with Crippen LogP contribution in [-0.2, 0) is 28.9 Å². The van der Waals surface area contributed by atoms with E-state index in [0.717, 1.165) is 29.5 Å². The second-order valence-corrected chi connectivity index (χ2v) is 9.05. The minimum atomic E-state index is -0.848. The first kappa shape index (κ1) is 23.7. The Labute approximate surface area is 199 Å². The van der Waals surface area contributed by atoms with Crippen molar-refractivity contribution in [1.29, 1.82) is 0 Å². The third-order valence-electron chi connectivity index (χ3n) is 6.88. The van der Waals surface area contributed by atoms with Crippen LogP contribution >= 0.6 is 0 Å². The number of esters is 1. The summed E-state index contributed by atoms with van der Waals surface area (Å²) in [5.41, 5.74) is 4.88. The van der Waals surface area contributed by atoms with E-state index in [-0.39, 0.29) is 36.0 Å². The van der Waals surface area contributed by atoms with E-state index in [9.17, 15) is 14.0 Å². The zero-order chi connectivity index (χ0) is 24.2. The van der Waals surface area contributed by atoms with Gasteiger partial charge in [0.05, 0.1) is 6.42 Å².